The maximum atomic E-state index is 2.33. The third kappa shape index (κ3) is 8.45. The van der Waals surface area contributed by atoms with Gasteiger partial charge in [-0.1, -0.05) is 32.8 Å². The number of hydrogen-bond donors (Lipinski definition) is 0. The zero-order chi connectivity index (χ0) is 23.4. The molecule has 0 atom stereocenters. The van der Waals surface area contributed by atoms with Crippen LogP contribution in [0.2, 0.25) is 0 Å². The first-order chi connectivity index (χ1) is 15.2. The first-order valence-electron chi connectivity index (χ1n) is 10.9. The number of hydrogen-bond acceptors (Lipinski definition) is 0. The first-order valence-corrected chi connectivity index (χ1v) is 14.7. The summed E-state index contributed by atoms with van der Waals surface area (Å²) in [6, 6.07) is 9.32. The van der Waals surface area contributed by atoms with Crippen molar-refractivity contribution in [3.63, 3.8) is 0 Å². The molecule has 0 aromatic carbocycles. The summed E-state index contributed by atoms with van der Waals surface area (Å²) in [5, 5.41) is 5.81. The molecule has 0 nitrogen and oxygen atoms in total. The molecule has 34 heavy (non-hydrogen) atoms. The van der Waals surface area contributed by atoms with Crippen LogP contribution in [-0.4, -0.2) is 18.9 Å². The molecule has 4 rings (SSSR count). The Kier molecular flexibility index (Phi) is 13.6. The minimum absolute atomic E-state index is 0. The molecule has 0 saturated heterocycles. The predicted molar refractivity (Wildman–Crippen MR) is 157 cm³/mol. The van der Waals surface area contributed by atoms with Crippen molar-refractivity contribution in [1.82, 2.24) is 0 Å². The third-order valence-electron chi connectivity index (χ3n) is 6.01. The maximum Gasteiger partial charge on any atom is 0.0139 e. The normalized spacial score (nSPS) is 10.8. The van der Waals surface area contributed by atoms with Gasteiger partial charge < -0.3 is 0 Å². The van der Waals surface area contributed by atoms with E-state index in [4.69, 9.17) is 0 Å². The van der Waals surface area contributed by atoms with Gasteiger partial charge >= 0.3 is 0 Å². The third-order valence-corrected chi connectivity index (χ3v) is 11.0. The van der Waals surface area contributed by atoms with Crippen LogP contribution in [0.4, 0.5) is 0 Å². The maximum absolute atomic E-state index is 2.33. The molecular formula is C28H32LiP4Rh. The molecule has 4 heterocycles. The predicted octanol–water partition coefficient (Wildman–Crippen LogP) is 11.1. The molecule has 4 aromatic heterocycles. The van der Waals surface area contributed by atoms with Crippen LogP contribution in [0.5, 0.6) is 0 Å². The van der Waals surface area contributed by atoms with E-state index in [2.05, 4.69) is 103 Å². The average Bonchev–Trinajstić information content (AvgIpc) is 2.76. The molecular weight excluding hydrogens is 570 g/mol. The topological polar surface area (TPSA) is 0 Å². The summed E-state index contributed by atoms with van der Waals surface area (Å²) in [6.07, 6.45) is 0. The van der Waals surface area contributed by atoms with Crippen LogP contribution in [0.15, 0.2) is 47.5 Å². The fraction of sp³-hybridized carbons (Fsp3) is 0.286. The Hall–Kier alpha value is -0.179. The van der Waals surface area contributed by atoms with Crippen molar-refractivity contribution in [2.24, 2.45) is 0 Å². The van der Waals surface area contributed by atoms with Gasteiger partial charge in [0.1, 0.15) is 0 Å². The van der Waals surface area contributed by atoms with Crippen molar-refractivity contribution < 1.29 is 19.5 Å². The molecule has 0 saturated carbocycles. The Morgan fingerprint density at radius 2 is 0.529 bits per heavy atom. The van der Waals surface area contributed by atoms with Crippen molar-refractivity contribution in [3.8, 4) is 21.2 Å². The summed E-state index contributed by atoms with van der Waals surface area (Å²) < 4.78 is 0. The molecule has 0 unspecified atom stereocenters. The molecule has 0 spiro atoms. The van der Waals surface area contributed by atoms with Gasteiger partial charge in [0.15, 0.2) is 0 Å². The standard InChI is InChI=1S/2C14H16P2.Li.Rh/c2*1-9-5-13(15-7-11(9)3)14-6-10(2)12(4)8-16-14;;/h2*5-8H,1-4H3;;. The largest absolute Gasteiger partial charge is 0.0672 e. The van der Waals surface area contributed by atoms with Gasteiger partial charge in [-0.15, -0.1) is 0 Å². The molecule has 0 aliphatic rings. The van der Waals surface area contributed by atoms with Crippen LogP contribution in [0.1, 0.15) is 44.5 Å². The van der Waals surface area contributed by atoms with Gasteiger partial charge in [0.25, 0.3) is 0 Å². The van der Waals surface area contributed by atoms with Crippen LogP contribution in [0, 0.1) is 55.4 Å². The van der Waals surface area contributed by atoms with Crippen LogP contribution >= 0.6 is 32.8 Å². The van der Waals surface area contributed by atoms with Gasteiger partial charge in [0, 0.05) is 59.5 Å². The molecule has 4 aromatic rings. The van der Waals surface area contributed by atoms with Gasteiger partial charge in [-0.05, 0) is 147 Å². The van der Waals surface area contributed by atoms with E-state index in [-0.39, 0.29) is 38.3 Å². The molecule has 174 valence electrons. The molecule has 0 bridgehead atoms. The van der Waals surface area contributed by atoms with E-state index >= 15 is 0 Å². The minimum Gasteiger partial charge on any atom is -0.0672 e. The second-order valence-corrected chi connectivity index (χ2v) is 12.6. The summed E-state index contributed by atoms with van der Waals surface area (Å²) in [5.74, 6) is 9.23. The van der Waals surface area contributed by atoms with Gasteiger partial charge in [0.05, 0.1) is 0 Å². The summed E-state index contributed by atoms with van der Waals surface area (Å²) in [4.78, 5) is 0. The van der Waals surface area contributed by atoms with E-state index in [1.807, 2.05) is 0 Å². The fourth-order valence-corrected chi connectivity index (χ4v) is 7.76. The summed E-state index contributed by atoms with van der Waals surface area (Å²) >= 11 is 0. The molecule has 0 amide bonds. The van der Waals surface area contributed by atoms with Crippen LogP contribution in [-0.2, 0) is 19.5 Å². The molecule has 0 fully saturated rings. The van der Waals surface area contributed by atoms with Crippen molar-refractivity contribution in [2.45, 2.75) is 55.4 Å². The van der Waals surface area contributed by atoms with Crippen LogP contribution < -0.4 is 0 Å². The van der Waals surface area contributed by atoms with Gasteiger partial charge in [-0.2, -0.15) is 0 Å². The monoisotopic (exact) mass is 602 g/mol. The van der Waals surface area contributed by atoms with E-state index in [0.717, 1.165) is 0 Å². The summed E-state index contributed by atoms with van der Waals surface area (Å²) in [7, 11) is 5.35. The molecule has 0 aliphatic heterocycles. The molecule has 2 radical (unpaired) electrons. The Bertz CT molecular complexity index is 1070. The van der Waals surface area contributed by atoms with Gasteiger partial charge in [-0.25, -0.2) is 0 Å². The van der Waals surface area contributed by atoms with Crippen molar-refractivity contribution in [2.75, 3.05) is 0 Å². The number of aryl methyl sites for hydroxylation is 8. The average molecular weight is 602 g/mol. The Morgan fingerprint density at radius 3 is 0.676 bits per heavy atom. The summed E-state index contributed by atoms with van der Waals surface area (Å²) in [5.41, 5.74) is 11.2. The molecule has 0 N–H and O–H groups in total. The Balaban J connectivity index is 0.000000321. The van der Waals surface area contributed by atoms with Crippen molar-refractivity contribution in [3.05, 3.63) is 92.0 Å². The first kappa shape index (κ1) is 31.9. The summed E-state index contributed by atoms with van der Waals surface area (Å²) in [6.45, 7) is 17.5. The van der Waals surface area contributed by atoms with E-state index in [9.17, 15) is 0 Å². The zero-order valence-electron chi connectivity index (χ0n) is 21.7. The van der Waals surface area contributed by atoms with E-state index < -0.39 is 0 Å². The van der Waals surface area contributed by atoms with Crippen molar-refractivity contribution in [1.29, 1.82) is 0 Å². The van der Waals surface area contributed by atoms with Gasteiger partial charge in [0.2, 0.25) is 0 Å². The minimum atomic E-state index is 0. The van der Waals surface area contributed by atoms with Gasteiger partial charge in [-0.3, -0.25) is 0 Å². The van der Waals surface area contributed by atoms with Crippen LogP contribution in [0.3, 0.4) is 0 Å². The Morgan fingerprint density at radius 1 is 0.353 bits per heavy atom. The second-order valence-electron chi connectivity index (χ2n) is 8.62. The smallest absolute Gasteiger partial charge is 0.0139 e. The van der Waals surface area contributed by atoms with E-state index in [1.54, 1.807) is 0 Å². The van der Waals surface area contributed by atoms with E-state index in [0.29, 0.717) is 0 Å². The van der Waals surface area contributed by atoms with Crippen molar-refractivity contribution >= 4 is 51.6 Å². The second kappa shape index (κ2) is 14.5. The quantitative estimate of drug-likeness (QED) is 0.200. The molecule has 6 heteroatoms. The zero-order valence-corrected chi connectivity index (χ0v) is 27.0. The number of rotatable bonds is 2. The van der Waals surface area contributed by atoms with E-state index in [1.165, 1.54) is 98.5 Å². The fourth-order valence-electron chi connectivity index (χ4n) is 3.06. The Labute approximate surface area is 238 Å². The van der Waals surface area contributed by atoms with Crippen LogP contribution in [0.25, 0.3) is 21.2 Å². The SMILES string of the molecule is Cc1cpc(-c2cc(C)c(C)cp2)cc1C.Cc1cpc(-c2cc(C)c(C)cp2)cc1C.[Li].[Rh]. The molecule has 0 aliphatic carbocycles.